The lowest BCUT2D eigenvalue weighted by molar-refractivity contribution is -0.0459. The number of hydrogen-bond acceptors (Lipinski definition) is 7. The number of aromatic nitrogens is 2. The van der Waals surface area contributed by atoms with E-state index in [0.29, 0.717) is 3.57 Å². The maximum Gasteiger partial charge on any atom is 0.351 e. The maximum atomic E-state index is 11.7. The number of hydrogen-bond donors (Lipinski definition) is 4. The van der Waals surface area contributed by atoms with Gasteiger partial charge in [0.15, 0.2) is 5.82 Å². The Hall–Kier alpha value is -0.750. The van der Waals surface area contributed by atoms with Crippen molar-refractivity contribution in [2.45, 2.75) is 24.9 Å². The van der Waals surface area contributed by atoms with Gasteiger partial charge in [-0.05, 0) is 22.6 Å². The summed E-state index contributed by atoms with van der Waals surface area (Å²) < 4.78 is 7.11. The first-order valence-corrected chi connectivity index (χ1v) is 6.28. The average Bonchev–Trinajstić information content (AvgIpc) is 2.72. The molecule has 1 saturated heterocycles. The molecule has 18 heavy (non-hydrogen) atoms. The minimum atomic E-state index is -0.819. The zero-order chi connectivity index (χ0) is 13.3. The highest BCUT2D eigenvalue weighted by atomic mass is 127. The molecule has 0 aliphatic carbocycles. The van der Waals surface area contributed by atoms with Crippen LogP contribution < -0.4 is 11.2 Å². The molecule has 0 spiro atoms. The van der Waals surface area contributed by atoms with Crippen molar-refractivity contribution in [1.29, 1.82) is 0 Å². The van der Waals surface area contributed by atoms with Crippen LogP contribution in [0.1, 0.15) is 12.6 Å². The molecule has 4 N–H and O–H groups in total. The van der Waals surface area contributed by atoms with E-state index in [9.17, 15) is 9.90 Å². The molecule has 1 aliphatic heterocycles. The number of aliphatic hydroxyl groups is 2. The van der Waals surface area contributed by atoms with Crippen LogP contribution in [0.3, 0.4) is 0 Å². The second-order valence-electron chi connectivity index (χ2n) is 3.85. The molecular weight excluding hydrogens is 357 g/mol. The summed E-state index contributed by atoms with van der Waals surface area (Å²) >= 11 is 1.90. The molecule has 1 fully saturated rings. The fraction of sp³-hybridized carbons (Fsp3) is 0.556. The van der Waals surface area contributed by atoms with Crippen molar-refractivity contribution in [1.82, 2.24) is 9.55 Å². The van der Waals surface area contributed by atoms with E-state index in [1.807, 2.05) is 28.1 Å². The largest absolute Gasteiger partial charge is 0.394 e. The van der Waals surface area contributed by atoms with Gasteiger partial charge >= 0.3 is 5.69 Å². The summed E-state index contributed by atoms with van der Waals surface area (Å²) in [7, 11) is 0. The molecule has 1 aliphatic rings. The summed E-state index contributed by atoms with van der Waals surface area (Å²) in [6, 6.07) is 0. The van der Waals surface area contributed by atoms with Gasteiger partial charge in [0.2, 0.25) is 0 Å². The Balaban J connectivity index is 2.30. The molecule has 1 aromatic heterocycles. The highest BCUT2D eigenvalue weighted by molar-refractivity contribution is 14.1. The van der Waals surface area contributed by atoms with Gasteiger partial charge in [-0.3, -0.25) is 15.3 Å². The average molecular weight is 369 g/mol. The Morgan fingerprint density at radius 3 is 2.94 bits per heavy atom. The van der Waals surface area contributed by atoms with Crippen molar-refractivity contribution in [2.24, 2.45) is 0 Å². The number of nitrogens with one attached hydrogen (secondary N) is 1. The Kier molecular flexibility index (Phi) is 4.17. The number of nitrogens with zero attached hydrogens (tertiary/aromatic N) is 2. The lowest BCUT2D eigenvalue weighted by Crippen LogP contribution is -2.28. The number of rotatable bonds is 3. The molecule has 0 bridgehead atoms. The van der Waals surface area contributed by atoms with Gasteiger partial charge in [-0.15, -0.1) is 0 Å². The summed E-state index contributed by atoms with van der Waals surface area (Å²) in [5.74, 6) is 0.0640. The van der Waals surface area contributed by atoms with Crippen LogP contribution >= 0.6 is 22.6 Å². The van der Waals surface area contributed by atoms with E-state index in [4.69, 9.17) is 15.1 Å². The lowest BCUT2D eigenvalue weighted by atomic mass is 10.2. The molecular formula is C9H12IN3O5. The van der Waals surface area contributed by atoms with Crippen LogP contribution in [0.4, 0.5) is 5.82 Å². The highest BCUT2D eigenvalue weighted by Gasteiger charge is 2.35. The molecule has 0 aromatic carbocycles. The van der Waals surface area contributed by atoms with Gasteiger partial charge in [0.25, 0.3) is 0 Å². The van der Waals surface area contributed by atoms with E-state index in [-0.39, 0.29) is 18.8 Å². The molecule has 3 atom stereocenters. The summed E-state index contributed by atoms with van der Waals surface area (Å²) in [5.41, 5.74) is 1.21. The predicted octanol–water partition coefficient (Wildman–Crippen LogP) is -0.710. The van der Waals surface area contributed by atoms with E-state index < -0.39 is 24.1 Å². The molecule has 0 amide bonds. The Morgan fingerprint density at radius 2 is 2.39 bits per heavy atom. The third-order valence-corrected chi connectivity index (χ3v) is 3.50. The monoisotopic (exact) mass is 369 g/mol. The van der Waals surface area contributed by atoms with E-state index in [1.165, 1.54) is 10.8 Å². The first-order valence-electron chi connectivity index (χ1n) is 5.20. The van der Waals surface area contributed by atoms with E-state index >= 15 is 0 Å². The van der Waals surface area contributed by atoms with Crippen LogP contribution in [-0.4, -0.2) is 43.8 Å². The minimum Gasteiger partial charge on any atom is -0.394 e. The van der Waals surface area contributed by atoms with Crippen molar-refractivity contribution < 1.29 is 20.2 Å². The van der Waals surface area contributed by atoms with Gasteiger partial charge in [0.05, 0.1) is 16.3 Å². The van der Waals surface area contributed by atoms with E-state index in [0.717, 1.165) is 0 Å². The topological polar surface area (TPSA) is 117 Å². The summed E-state index contributed by atoms with van der Waals surface area (Å²) in [4.78, 5) is 15.3. The SMILES string of the molecule is O=c1nc(NO)c(I)cn1[C@H]1CC(O)[C@@H](CO)O1. The fourth-order valence-corrected chi connectivity index (χ4v) is 2.32. The van der Waals surface area contributed by atoms with Crippen LogP contribution in [0.2, 0.25) is 0 Å². The quantitative estimate of drug-likeness (QED) is 0.411. The summed E-state index contributed by atoms with van der Waals surface area (Å²) in [6.45, 7) is -0.312. The lowest BCUT2D eigenvalue weighted by Gasteiger charge is -2.15. The predicted molar refractivity (Wildman–Crippen MR) is 68.2 cm³/mol. The van der Waals surface area contributed by atoms with Crippen molar-refractivity contribution in [3.05, 3.63) is 20.3 Å². The fourth-order valence-electron chi connectivity index (χ4n) is 1.78. The molecule has 1 unspecified atom stereocenters. The standard InChI is InChI=1S/C9H12IN3O5/c10-4-2-13(9(16)11-8(4)12-17)7-1-5(15)6(3-14)18-7/h2,5-7,14-15,17H,1,3H2,(H,11,12,16)/t5?,6-,7-/m1/s1. The Morgan fingerprint density at radius 1 is 1.67 bits per heavy atom. The molecule has 2 heterocycles. The zero-order valence-corrected chi connectivity index (χ0v) is 11.3. The van der Waals surface area contributed by atoms with Crippen LogP contribution in [-0.2, 0) is 4.74 Å². The summed E-state index contributed by atoms with van der Waals surface area (Å²) in [6.07, 6.45) is -0.519. The van der Waals surface area contributed by atoms with Gasteiger partial charge < -0.3 is 14.9 Å². The van der Waals surface area contributed by atoms with Gasteiger partial charge in [-0.25, -0.2) is 4.79 Å². The van der Waals surface area contributed by atoms with Crippen LogP contribution in [0.15, 0.2) is 11.0 Å². The van der Waals surface area contributed by atoms with Gasteiger partial charge in [0.1, 0.15) is 12.3 Å². The number of anilines is 1. The molecule has 1 aromatic rings. The molecule has 100 valence electrons. The van der Waals surface area contributed by atoms with Crippen molar-refractivity contribution in [3.63, 3.8) is 0 Å². The van der Waals surface area contributed by atoms with Crippen LogP contribution in [0.5, 0.6) is 0 Å². The third-order valence-electron chi connectivity index (χ3n) is 2.71. The molecule has 0 radical (unpaired) electrons. The third kappa shape index (κ3) is 2.49. The Labute approximate surface area is 115 Å². The van der Waals surface area contributed by atoms with E-state index in [1.54, 1.807) is 0 Å². The normalized spacial score (nSPS) is 27.4. The first-order chi connectivity index (χ1) is 8.56. The molecule has 8 nitrogen and oxygen atoms in total. The Bertz CT molecular complexity index is 494. The van der Waals surface area contributed by atoms with Crippen molar-refractivity contribution in [2.75, 3.05) is 12.1 Å². The van der Waals surface area contributed by atoms with Crippen LogP contribution in [0.25, 0.3) is 0 Å². The van der Waals surface area contributed by atoms with Crippen LogP contribution in [0, 0.1) is 3.57 Å². The first kappa shape index (κ1) is 13.7. The van der Waals surface area contributed by atoms with Crippen molar-refractivity contribution >= 4 is 28.4 Å². The molecule has 2 rings (SSSR count). The van der Waals surface area contributed by atoms with Crippen molar-refractivity contribution in [3.8, 4) is 0 Å². The molecule has 9 heteroatoms. The summed E-state index contributed by atoms with van der Waals surface area (Å²) in [5, 5.41) is 27.3. The highest BCUT2D eigenvalue weighted by Crippen LogP contribution is 2.28. The second kappa shape index (κ2) is 5.48. The van der Waals surface area contributed by atoms with E-state index in [2.05, 4.69) is 4.98 Å². The smallest absolute Gasteiger partial charge is 0.351 e. The number of aliphatic hydroxyl groups excluding tert-OH is 2. The molecule has 0 saturated carbocycles. The zero-order valence-electron chi connectivity index (χ0n) is 9.15. The van der Waals surface area contributed by atoms with Gasteiger partial charge in [-0.1, -0.05) is 0 Å². The maximum absolute atomic E-state index is 11.7. The minimum absolute atomic E-state index is 0.0640. The van der Waals surface area contributed by atoms with Gasteiger partial charge in [-0.2, -0.15) is 4.98 Å². The number of ether oxygens (including phenoxy) is 1. The second-order valence-corrected chi connectivity index (χ2v) is 5.02. The van der Waals surface area contributed by atoms with Gasteiger partial charge in [0, 0.05) is 12.6 Å². The number of halogens is 1.